The molecule has 3 rings (SSSR count). The van der Waals surface area contributed by atoms with Gasteiger partial charge in [0.05, 0.1) is 10.6 Å². The number of benzene rings is 2. The lowest BCUT2D eigenvalue weighted by atomic mass is 10.1. The molecule has 0 N–H and O–H groups in total. The third kappa shape index (κ3) is 3.38. The first-order valence-electron chi connectivity index (χ1n) is 7.32. The molecule has 0 bridgehead atoms. The van der Waals surface area contributed by atoms with E-state index in [4.69, 9.17) is 35.4 Å². The third-order valence-corrected chi connectivity index (χ3v) is 5.52. The molecule has 1 amide bonds. The SMILES string of the molecule is CCc1ccccc1N1C(=O)C(=Cc2ccc(Cl)cc2Cl)SC1=S. The fraction of sp³-hybridized carbons (Fsp3) is 0.111. The van der Waals surface area contributed by atoms with Crippen LogP contribution in [-0.4, -0.2) is 10.2 Å². The van der Waals surface area contributed by atoms with Gasteiger partial charge in [0.15, 0.2) is 4.32 Å². The molecule has 24 heavy (non-hydrogen) atoms. The van der Waals surface area contributed by atoms with E-state index in [1.165, 1.54) is 11.8 Å². The summed E-state index contributed by atoms with van der Waals surface area (Å²) in [6.07, 6.45) is 2.59. The Bertz CT molecular complexity index is 864. The second kappa shape index (κ2) is 7.28. The van der Waals surface area contributed by atoms with Crippen molar-refractivity contribution in [2.75, 3.05) is 4.90 Å². The number of nitrogens with zero attached hydrogens (tertiary/aromatic N) is 1. The Balaban J connectivity index is 1.99. The van der Waals surface area contributed by atoms with E-state index in [0.717, 1.165) is 23.2 Å². The fourth-order valence-corrected chi connectivity index (χ4v) is 4.20. The molecule has 6 heteroatoms. The van der Waals surface area contributed by atoms with E-state index < -0.39 is 0 Å². The second-order valence-electron chi connectivity index (χ2n) is 5.17. The zero-order valence-corrected chi connectivity index (χ0v) is 15.9. The first-order chi connectivity index (χ1) is 11.5. The van der Waals surface area contributed by atoms with E-state index in [1.807, 2.05) is 24.3 Å². The van der Waals surface area contributed by atoms with Gasteiger partial charge in [-0.1, -0.05) is 78.4 Å². The first-order valence-corrected chi connectivity index (χ1v) is 9.30. The van der Waals surface area contributed by atoms with Crippen molar-refractivity contribution >= 4 is 69.2 Å². The lowest BCUT2D eigenvalue weighted by molar-refractivity contribution is -0.113. The molecule has 0 aliphatic carbocycles. The Morgan fingerprint density at radius 2 is 1.96 bits per heavy atom. The number of carbonyl (C=O) groups is 1. The molecule has 2 nitrogen and oxygen atoms in total. The highest BCUT2D eigenvalue weighted by Gasteiger charge is 2.34. The van der Waals surface area contributed by atoms with Gasteiger partial charge in [0.25, 0.3) is 5.91 Å². The Labute approximate surface area is 160 Å². The summed E-state index contributed by atoms with van der Waals surface area (Å²) in [5.74, 6) is -0.128. The Kier molecular flexibility index (Phi) is 5.30. The predicted molar refractivity (Wildman–Crippen MR) is 108 cm³/mol. The minimum atomic E-state index is -0.128. The van der Waals surface area contributed by atoms with Crippen molar-refractivity contribution in [2.24, 2.45) is 0 Å². The lowest BCUT2D eigenvalue weighted by Crippen LogP contribution is -2.28. The number of hydrogen-bond donors (Lipinski definition) is 0. The summed E-state index contributed by atoms with van der Waals surface area (Å²) in [5.41, 5.74) is 2.66. The van der Waals surface area contributed by atoms with Crippen LogP contribution in [0.3, 0.4) is 0 Å². The van der Waals surface area contributed by atoms with Crippen LogP contribution in [0.2, 0.25) is 10.0 Å². The van der Waals surface area contributed by atoms with E-state index in [2.05, 4.69) is 6.92 Å². The molecule has 0 saturated carbocycles. The number of halogens is 2. The van der Waals surface area contributed by atoms with Gasteiger partial charge in [-0.2, -0.15) is 0 Å². The van der Waals surface area contributed by atoms with Crippen LogP contribution in [0.25, 0.3) is 6.08 Å². The molecule has 2 aromatic carbocycles. The quantitative estimate of drug-likeness (QED) is 0.473. The Morgan fingerprint density at radius 3 is 2.67 bits per heavy atom. The molecule has 1 aliphatic heterocycles. The molecule has 0 spiro atoms. The maximum Gasteiger partial charge on any atom is 0.270 e. The Hall–Kier alpha value is -1.33. The molecule has 0 unspecified atom stereocenters. The fourth-order valence-electron chi connectivity index (χ4n) is 2.46. The van der Waals surface area contributed by atoms with E-state index in [0.29, 0.717) is 19.3 Å². The number of anilines is 1. The van der Waals surface area contributed by atoms with E-state index in [9.17, 15) is 4.79 Å². The van der Waals surface area contributed by atoms with Gasteiger partial charge in [-0.3, -0.25) is 9.69 Å². The number of carbonyl (C=O) groups excluding carboxylic acids is 1. The maximum absolute atomic E-state index is 12.8. The minimum absolute atomic E-state index is 0.128. The lowest BCUT2D eigenvalue weighted by Gasteiger charge is -2.18. The van der Waals surface area contributed by atoms with Crippen molar-refractivity contribution in [1.29, 1.82) is 0 Å². The topological polar surface area (TPSA) is 20.3 Å². The molecule has 122 valence electrons. The molecule has 1 saturated heterocycles. The first kappa shape index (κ1) is 17.5. The highest BCUT2D eigenvalue weighted by Crippen LogP contribution is 2.38. The number of aryl methyl sites for hydroxylation is 1. The van der Waals surface area contributed by atoms with Crippen molar-refractivity contribution in [3.05, 3.63) is 68.5 Å². The molecule has 1 aliphatic rings. The zero-order valence-electron chi connectivity index (χ0n) is 12.8. The van der Waals surface area contributed by atoms with Crippen LogP contribution in [0.5, 0.6) is 0 Å². The van der Waals surface area contributed by atoms with Crippen LogP contribution in [0.1, 0.15) is 18.1 Å². The van der Waals surface area contributed by atoms with Gasteiger partial charge in [0.2, 0.25) is 0 Å². The number of para-hydroxylation sites is 1. The van der Waals surface area contributed by atoms with Crippen molar-refractivity contribution < 1.29 is 4.79 Å². The number of thiocarbonyl (C=S) groups is 1. The summed E-state index contributed by atoms with van der Waals surface area (Å²) in [6.45, 7) is 2.06. The largest absolute Gasteiger partial charge is 0.270 e. The van der Waals surface area contributed by atoms with Crippen molar-refractivity contribution in [3.63, 3.8) is 0 Å². The summed E-state index contributed by atoms with van der Waals surface area (Å²) in [4.78, 5) is 15.0. The monoisotopic (exact) mass is 393 g/mol. The number of hydrogen-bond acceptors (Lipinski definition) is 3. The highest BCUT2D eigenvalue weighted by atomic mass is 35.5. The van der Waals surface area contributed by atoms with Crippen LogP contribution in [-0.2, 0) is 11.2 Å². The van der Waals surface area contributed by atoms with Crippen LogP contribution >= 0.6 is 47.2 Å². The van der Waals surface area contributed by atoms with Crippen LogP contribution in [0.4, 0.5) is 5.69 Å². The average Bonchev–Trinajstić information content (AvgIpc) is 2.84. The molecular weight excluding hydrogens is 381 g/mol. The van der Waals surface area contributed by atoms with Gasteiger partial charge in [0.1, 0.15) is 0 Å². The van der Waals surface area contributed by atoms with Gasteiger partial charge in [0, 0.05) is 10.0 Å². The number of amides is 1. The average molecular weight is 394 g/mol. The van der Waals surface area contributed by atoms with Crippen molar-refractivity contribution in [3.8, 4) is 0 Å². The smallest absolute Gasteiger partial charge is 0.268 e. The number of thioether (sulfide) groups is 1. The summed E-state index contributed by atoms with van der Waals surface area (Å²) in [7, 11) is 0. The Morgan fingerprint density at radius 1 is 1.21 bits per heavy atom. The highest BCUT2D eigenvalue weighted by molar-refractivity contribution is 8.27. The van der Waals surface area contributed by atoms with Crippen molar-refractivity contribution in [2.45, 2.75) is 13.3 Å². The van der Waals surface area contributed by atoms with Crippen molar-refractivity contribution in [1.82, 2.24) is 0 Å². The van der Waals surface area contributed by atoms with Crippen LogP contribution < -0.4 is 4.90 Å². The molecule has 0 aromatic heterocycles. The number of rotatable bonds is 3. The molecule has 0 radical (unpaired) electrons. The van der Waals surface area contributed by atoms with E-state index >= 15 is 0 Å². The molecular formula is C18H13Cl2NOS2. The van der Waals surface area contributed by atoms with Gasteiger partial charge in [-0.25, -0.2) is 0 Å². The van der Waals surface area contributed by atoms with Gasteiger partial charge >= 0.3 is 0 Å². The van der Waals surface area contributed by atoms with Crippen LogP contribution in [0, 0.1) is 0 Å². The summed E-state index contributed by atoms with van der Waals surface area (Å²) in [5, 5.41) is 1.06. The predicted octanol–water partition coefficient (Wildman–Crippen LogP) is 5.96. The van der Waals surface area contributed by atoms with E-state index in [1.54, 1.807) is 29.2 Å². The minimum Gasteiger partial charge on any atom is -0.268 e. The normalized spacial score (nSPS) is 16.3. The summed E-state index contributed by atoms with van der Waals surface area (Å²) in [6, 6.07) is 13.0. The van der Waals surface area contributed by atoms with Crippen LogP contribution in [0.15, 0.2) is 47.4 Å². The van der Waals surface area contributed by atoms with Gasteiger partial charge in [-0.15, -0.1) is 0 Å². The van der Waals surface area contributed by atoms with Gasteiger partial charge < -0.3 is 0 Å². The molecule has 2 aromatic rings. The van der Waals surface area contributed by atoms with E-state index in [-0.39, 0.29) is 5.91 Å². The van der Waals surface area contributed by atoms with Gasteiger partial charge in [-0.05, 0) is 41.8 Å². The molecule has 0 atom stereocenters. The molecule has 1 fully saturated rings. The third-order valence-electron chi connectivity index (χ3n) is 3.66. The maximum atomic E-state index is 12.8. The second-order valence-corrected chi connectivity index (χ2v) is 7.68. The summed E-state index contributed by atoms with van der Waals surface area (Å²) >= 11 is 18.8. The summed E-state index contributed by atoms with van der Waals surface area (Å²) < 4.78 is 0.525. The molecule has 1 heterocycles. The standard InChI is InChI=1S/C18H13Cl2NOS2/c1-2-11-5-3-4-6-15(11)21-17(22)16(24-18(21)23)9-12-7-8-13(19)10-14(12)20/h3-10H,2H2,1H3. The zero-order chi connectivity index (χ0) is 17.3.